The molecule has 0 saturated heterocycles. The molecule has 1 heterocycles. The SMILES string of the molecule is COc1cc2nccc(Oc3c(Cl)cc(NC(=O)NC4CC4)c(Br)c3F)c2cc1C(N)=O. The summed E-state index contributed by atoms with van der Waals surface area (Å²) in [5.74, 6) is -1.34. The number of ether oxygens (including phenoxy) is 2. The second-order valence-corrected chi connectivity index (χ2v) is 8.28. The highest BCUT2D eigenvalue weighted by molar-refractivity contribution is 9.10. The van der Waals surface area contributed by atoms with Gasteiger partial charge in [-0.2, -0.15) is 0 Å². The molecule has 1 fully saturated rings. The quantitative estimate of drug-likeness (QED) is 0.394. The van der Waals surface area contributed by atoms with E-state index in [0.29, 0.717) is 10.9 Å². The molecule has 3 aromatic rings. The van der Waals surface area contributed by atoms with Gasteiger partial charge in [-0.05, 0) is 47.0 Å². The number of hydrogen-bond donors (Lipinski definition) is 3. The molecule has 0 bridgehead atoms. The van der Waals surface area contributed by atoms with Gasteiger partial charge in [0.2, 0.25) is 0 Å². The molecule has 4 N–H and O–H groups in total. The van der Waals surface area contributed by atoms with Crippen molar-refractivity contribution in [2.45, 2.75) is 18.9 Å². The maximum absolute atomic E-state index is 15.1. The van der Waals surface area contributed by atoms with Crippen molar-refractivity contribution in [3.63, 3.8) is 0 Å². The van der Waals surface area contributed by atoms with E-state index in [1.807, 2.05) is 0 Å². The smallest absolute Gasteiger partial charge is 0.319 e. The van der Waals surface area contributed by atoms with Gasteiger partial charge in [-0.1, -0.05) is 11.6 Å². The molecule has 1 aliphatic carbocycles. The zero-order valence-corrected chi connectivity index (χ0v) is 19.0. The summed E-state index contributed by atoms with van der Waals surface area (Å²) in [4.78, 5) is 28.0. The van der Waals surface area contributed by atoms with Gasteiger partial charge in [0, 0.05) is 23.7 Å². The summed E-state index contributed by atoms with van der Waals surface area (Å²) in [6.07, 6.45) is 3.29. The van der Waals surface area contributed by atoms with Crippen molar-refractivity contribution < 1.29 is 23.5 Å². The van der Waals surface area contributed by atoms with Crippen LogP contribution < -0.4 is 25.8 Å². The van der Waals surface area contributed by atoms with Gasteiger partial charge in [-0.3, -0.25) is 9.78 Å². The number of rotatable bonds is 6. The van der Waals surface area contributed by atoms with Crippen LogP contribution in [0.1, 0.15) is 23.2 Å². The first-order valence-electron chi connectivity index (χ1n) is 9.48. The van der Waals surface area contributed by atoms with E-state index in [1.165, 1.54) is 37.6 Å². The van der Waals surface area contributed by atoms with Crippen molar-refractivity contribution in [3.8, 4) is 17.2 Å². The fourth-order valence-electron chi connectivity index (χ4n) is 3.04. The Labute approximate surface area is 195 Å². The van der Waals surface area contributed by atoms with Gasteiger partial charge in [-0.15, -0.1) is 0 Å². The van der Waals surface area contributed by atoms with Crippen LogP contribution in [0.2, 0.25) is 5.02 Å². The fraction of sp³-hybridized carbons (Fsp3) is 0.190. The molecule has 4 rings (SSSR count). The molecule has 0 aliphatic heterocycles. The predicted octanol–water partition coefficient (Wildman–Crippen LogP) is 4.97. The molecule has 0 spiro atoms. The van der Waals surface area contributed by atoms with Crippen molar-refractivity contribution >= 4 is 56.1 Å². The number of nitrogens with two attached hydrogens (primary N) is 1. The Morgan fingerprint density at radius 1 is 1.28 bits per heavy atom. The molecule has 32 heavy (non-hydrogen) atoms. The van der Waals surface area contributed by atoms with Crippen molar-refractivity contribution in [1.82, 2.24) is 10.3 Å². The Balaban J connectivity index is 1.70. The normalized spacial score (nSPS) is 13.0. The third-order valence-corrected chi connectivity index (χ3v) is 5.83. The maximum atomic E-state index is 15.1. The monoisotopic (exact) mass is 522 g/mol. The predicted molar refractivity (Wildman–Crippen MR) is 121 cm³/mol. The summed E-state index contributed by atoms with van der Waals surface area (Å²) in [6, 6.07) is 5.54. The van der Waals surface area contributed by atoms with E-state index in [9.17, 15) is 9.59 Å². The summed E-state index contributed by atoms with van der Waals surface area (Å²) >= 11 is 9.41. The molecule has 11 heteroatoms. The van der Waals surface area contributed by atoms with Gasteiger partial charge in [0.05, 0.1) is 33.4 Å². The lowest BCUT2D eigenvalue weighted by Gasteiger charge is -2.16. The third kappa shape index (κ3) is 4.42. The second-order valence-electron chi connectivity index (χ2n) is 7.08. The number of carbonyl (C=O) groups is 2. The van der Waals surface area contributed by atoms with E-state index < -0.39 is 17.8 Å². The molecule has 166 valence electrons. The van der Waals surface area contributed by atoms with Crippen molar-refractivity contribution in [2.75, 3.05) is 12.4 Å². The largest absolute Gasteiger partial charge is 0.496 e. The first-order chi connectivity index (χ1) is 15.3. The molecule has 3 amide bonds. The number of aromatic nitrogens is 1. The molecule has 0 unspecified atom stereocenters. The Hall–Kier alpha value is -3.11. The first-order valence-corrected chi connectivity index (χ1v) is 10.6. The zero-order chi connectivity index (χ0) is 23.0. The van der Waals surface area contributed by atoms with Crippen molar-refractivity contribution in [2.24, 2.45) is 5.73 Å². The summed E-state index contributed by atoms with van der Waals surface area (Å²) in [7, 11) is 1.40. The van der Waals surface area contributed by atoms with Crippen LogP contribution in [0.25, 0.3) is 10.9 Å². The molecule has 2 aromatic carbocycles. The number of hydrogen-bond acceptors (Lipinski definition) is 5. The van der Waals surface area contributed by atoms with Crippen molar-refractivity contribution in [1.29, 1.82) is 0 Å². The number of nitrogens with one attached hydrogen (secondary N) is 2. The van der Waals surface area contributed by atoms with Gasteiger partial charge in [0.25, 0.3) is 5.91 Å². The Morgan fingerprint density at radius 2 is 2.03 bits per heavy atom. The number of urea groups is 1. The van der Waals surface area contributed by atoms with E-state index in [-0.39, 0.29) is 44.0 Å². The third-order valence-electron chi connectivity index (χ3n) is 4.78. The topological polar surface area (TPSA) is 116 Å². The molecule has 8 nitrogen and oxygen atoms in total. The minimum Gasteiger partial charge on any atom is -0.496 e. The van der Waals surface area contributed by atoms with Crippen LogP contribution in [0.4, 0.5) is 14.9 Å². The van der Waals surface area contributed by atoms with Crippen LogP contribution in [0.15, 0.2) is 34.9 Å². The molecule has 1 aromatic heterocycles. The van der Waals surface area contributed by atoms with Gasteiger partial charge >= 0.3 is 6.03 Å². The van der Waals surface area contributed by atoms with Crippen LogP contribution >= 0.6 is 27.5 Å². The van der Waals surface area contributed by atoms with Gasteiger partial charge in [-0.25, -0.2) is 9.18 Å². The average molecular weight is 524 g/mol. The highest BCUT2D eigenvalue weighted by atomic mass is 79.9. The summed E-state index contributed by atoms with van der Waals surface area (Å²) in [6.45, 7) is 0. The molecular formula is C21H17BrClFN4O4. The van der Waals surface area contributed by atoms with Crippen molar-refractivity contribution in [3.05, 3.63) is 51.3 Å². The highest BCUT2D eigenvalue weighted by Crippen LogP contribution is 2.42. The average Bonchev–Trinajstić information content (AvgIpc) is 3.57. The standard InChI is InChI=1S/C21H17BrClFN4O4/c1-31-16-8-13-10(6-11(16)20(25)29)15(4-5-26-13)32-19-12(23)7-14(17(22)18(19)24)28-21(30)27-9-2-3-9/h4-9H,2-3H2,1H3,(H2,25,29)(H2,27,28,30). The minimum atomic E-state index is -0.812. The van der Waals surface area contributed by atoms with Crippen LogP contribution in [0.5, 0.6) is 17.2 Å². The number of fused-ring (bicyclic) bond motifs is 1. The molecule has 0 radical (unpaired) electrons. The number of anilines is 1. The number of benzene rings is 2. The lowest BCUT2D eigenvalue weighted by Crippen LogP contribution is -2.30. The zero-order valence-electron chi connectivity index (χ0n) is 16.7. The van der Waals surface area contributed by atoms with Crippen LogP contribution in [0.3, 0.4) is 0 Å². The number of pyridine rings is 1. The van der Waals surface area contributed by atoms with Gasteiger partial charge in [0.15, 0.2) is 11.6 Å². The van der Waals surface area contributed by atoms with E-state index in [1.54, 1.807) is 0 Å². The lowest BCUT2D eigenvalue weighted by atomic mass is 10.1. The van der Waals surface area contributed by atoms with Crippen LogP contribution in [-0.2, 0) is 0 Å². The van der Waals surface area contributed by atoms with E-state index >= 15 is 4.39 Å². The lowest BCUT2D eigenvalue weighted by molar-refractivity contribution is 0.0997. The minimum absolute atomic E-state index is 0.0271. The molecule has 1 aliphatic rings. The Morgan fingerprint density at radius 3 is 2.69 bits per heavy atom. The molecule has 0 atom stereocenters. The number of primary amides is 1. The number of halogens is 3. The van der Waals surface area contributed by atoms with Gasteiger partial charge < -0.3 is 25.8 Å². The molecular weight excluding hydrogens is 507 g/mol. The highest BCUT2D eigenvalue weighted by Gasteiger charge is 2.25. The number of carbonyl (C=O) groups excluding carboxylic acids is 2. The van der Waals surface area contributed by atoms with E-state index in [0.717, 1.165) is 12.8 Å². The summed E-state index contributed by atoms with van der Waals surface area (Å²) < 4.78 is 26.1. The maximum Gasteiger partial charge on any atom is 0.319 e. The summed E-state index contributed by atoms with van der Waals surface area (Å²) in [5, 5.41) is 5.64. The van der Waals surface area contributed by atoms with E-state index in [4.69, 9.17) is 26.8 Å². The van der Waals surface area contributed by atoms with Crippen LogP contribution in [0, 0.1) is 5.82 Å². The number of amides is 3. The second kappa shape index (κ2) is 8.79. The van der Waals surface area contributed by atoms with Gasteiger partial charge in [0.1, 0.15) is 11.5 Å². The first kappa shape index (κ1) is 22.1. The van der Waals surface area contributed by atoms with Crippen LogP contribution in [-0.4, -0.2) is 30.1 Å². The van der Waals surface area contributed by atoms with E-state index in [2.05, 4.69) is 31.5 Å². The summed E-state index contributed by atoms with van der Waals surface area (Å²) in [5.41, 5.74) is 6.14. The number of nitrogens with zero attached hydrogens (tertiary/aromatic N) is 1. The molecule has 1 saturated carbocycles. The Kier molecular flexibility index (Phi) is 6.07. The fourth-order valence-corrected chi connectivity index (χ4v) is 3.67. The number of methoxy groups -OCH3 is 1. The Bertz CT molecular complexity index is 1250.